The molecule has 0 aromatic carbocycles. The van der Waals surface area contributed by atoms with Crippen molar-refractivity contribution in [3.63, 3.8) is 0 Å². The van der Waals surface area contributed by atoms with Crippen molar-refractivity contribution in [2.45, 2.75) is 309 Å². The maximum atomic E-state index is 12.9. The van der Waals surface area contributed by atoms with Crippen LogP contribution in [0.2, 0.25) is 0 Å². The first kappa shape index (κ1) is 80.8. The molecular weight excluding hydrogens is 1080 g/mol. The molecule has 2 unspecified atom stereocenters. The molecule has 1 aliphatic rings. The minimum Gasteiger partial charge on any atom is -0.464 e. The van der Waals surface area contributed by atoms with Crippen LogP contribution in [0.3, 0.4) is 0 Å². The highest BCUT2D eigenvalue weighted by atomic mass is 33.1. The first-order valence-electron chi connectivity index (χ1n) is 35.8. The largest absolute Gasteiger partial charge is 0.464 e. The van der Waals surface area contributed by atoms with Crippen LogP contribution in [0.15, 0.2) is 48.6 Å². The SMILES string of the molecule is CCCCC/C=C\C/C=C\CCCCCC[C@@H](O)CN(CCCC(=O)OCCN1CCN(CCSSCCCCN(CC(O)CCCCCCCC)CC(O)CCCCCCCC)CC1)C[C@H](O)CCCCCC/C=C\C/C=C\CCCCC. The van der Waals surface area contributed by atoms with Gasteiger partial charge in [0.15, 0.2) is 0 Å². The van der Waals surface area contributed by atoms with Gasteiger partial charge in [0.25, 0.3) is 0 Å². The van der Waals surface area contributed by atoms with Crippen LogP contribution in [0.1, 0.15) is 285 Å². The van der Waals surface area contributed by atoms with Crippen molar-refractivity contribution >= 4 is 27.6 Å². The highest BCUT2D eigenvalue weighted by Gasteiger charge is 2.20. The molecule has 0 aromatic rings. The third kappa shape index (κ3) is 56.1. The first-order valence-corrected chi connectivity index (χ1v) is 38.3. The zero-order chi connectivity index (χ0) is 60.9. The third-order valence-electron chi connectivity index (χ3n) is 16.7. The average Bonchev–Trinajstić information content (AvgIpc) is 3.56. The molecule has 0 bridgehead atoms. The van der Waals surface area contributed by atoms with Gasteiger partial charge in [0.1, 0.15) is 6.61 Å². The van der Waals surface area contributed by atoms with Crippen LogP contribution in [-0.4, -0.2) is 167 Å². The predicted octanol–water partition coefficient (Wildman–Crippen LogP) is 17.5. The summed E-state index contributed by atoms with van der Waals surface area (Å²) < 4.78 is 5.75. The summed E-state index contributed by atoms with van der Waals surface area (Å²) in [5.41, 5.74) is 0. The number of nitrogens with zero attached hydrogens (tertiary/aromatic N) is 4. The van der Waals surface area contributed by atoms with Crippen LogP contribution < -0.4 is 0 Å². The number of aliphatic hydroxyl groups excluding tert-OH is 4. The molecule has 0 radical (unpaired) electrons. The zero-order valence-corrected chi connectivity index (χ0v) is 57.2. The molecule has 4 N–H and O–H groups in total. The number of aliphatic hydroxyl groups is 4. The van der Waals surface area contributed by atoms with Gasteiger partial charge in [0, 0.05) is 83.4 Å². The Morgan fingerprint density at radius 2 is 0.738 bits per heavy atom. The van der Waals surface area contributed by atoms with E-state index in [0.29, 0.717) is 52.2 Å². The van der Waals surface area contributed by atoms with E-state index in [9.17, 15) is 25.2 Å². The smallest absolute Gasteiger partial charge is 0.305 e. The molecule has 0 aromatic heterocycles. The van der Waals surface area contributed by atoms with Crippen LogP contribution >= 0.6 is 21.6 Å². The van der Waals surface area contributed by atoms with Gasteiger partial charge in [0.05, 0.1) is 24.4 Å². The molecular formula is C72H138N4O6S2. The summed E-state index contributed by atoms with van der Waals surface area (Å²) >= 11 is 0. The number of carbonyl (C=O) groups excluding carboxylic acids is 1. The van der Waals surface area contributed by atoms with Crippen molar-refractivity contribution < 1.29 is 30.0 Å². The van der Waals surface area contributed by atoms with E-state index in [2.05, 4.69) is 95.9 Å². The number of allylic oxidation sites excluding steroid dienone is 8. The van der Waals surface area contributed by atoms with Gasteiger partial charge in [-0.1, -0.05) is 239 Å². The number of hydrogen-bond acceptors (Lipinski definition) is 12. The lowest BCUT2D eigenvalue weighted by Crippen LogP contribution is -2.47. The van der Waals surface area contributed by atoms with Crippen molar-refractivity contribution in [2.24, 2.45) is 0 Å². The van der Waals surface area contributed by atoms with Crippen molar-refractivity contribution in [1.82, 2.24) is 19.6 Å². The Hall–Kier alpha value is -1.19. The van der Waals surface area contributed by atoms with E-state index >= 15 is 0 Å². The average molecular weight is 1220 g/mol. The molecule has 1 saturated heterocycles. The molecule has 0 saturated carbocycles. The number of unbranched alkanes of at least 4 members (excludes halogenated alkanes) is 25. The molecule has 12 heteroatoms. The number of ether oxygens (including phenoxy) is 1. The molecule has 0 amide bonds. The quantitative estimate of drug-likeness (QED) is 0.0201. The lowest BCUT2D eigenvalue weighted by molar-refractivity contribution is -0.144. The summed E-state index contributed by atoms with van der Waals surface area (Å²) in [4.78, 5) is 22.5. The van der Waals surface area contributed by atoms with Gasteiger partial charge < -0.3 is 25.2 Å². The van der Waals surface area contributed by atoms with E-state index in [0.717, 1.165) is 160 Å². The molecule has 4 atom stereocenters. The fourth-order valence-corrected chi connectivity index (χ4v) is 13.4. The second-order valence-electron chi connectivity index (χ2n) is 24.9. The van der Waals surface area contributed by atoms with Crippen molar-refractivity contribution in [3.8, 4) is 0 Å². The van der Waals surface area contributed by atoms with E-state index < -0.39 is 12.2 Å². The molecule has 1 heterocycles. The van der Waals surface area contributed by atoms with E-state index in [1.807, 2.05) is 21.6 Å². The monoisotopic (exact) mass is 1220 g/mol. The summed E-state index contributed by atoms with van der Waals surface area (Å²) in [5, 5.41) is 44.2. The van der Waals surface area contributed by atoms with Crippen LogP contribution in [0, 0.1) is 0 Å². The third-order valence-corrected chi connectivity index (χ3v) is 19.1. The fourth-order valence-electron chi connectivity index (χ4n) is 11.2. The number of rotatable bonds is 64. The van der Waals surface area contributed by atoms with E-state index in [1.54, 1.807) is 0 Å². The summed E-state index contributed by atoms with van der Waals surface area (Å²) in [6.45, 7) is 19.4. The summed E-state index contributed by atoms with van der Waals surface area (Å²) in [7, 11) is 3.97. The predicted molar refractivity (Wildman–Crippen MR) is 370 cm³/mol. The number of carbonyl (C=O) groups is 1. The van der Waals surface area contributed by atoms with Gasteiger partial charge in [-0.2, -0.15) is 0 Å². The Bertz CT molecular complexity index is 1420. The molecule has 1 rings (SSSR count). The van der Waals surface area contributed by atoms with Gasteiger partial charge in [-0.15, -0.1) is 0 Å². The summed E-state index contributed by atoms with van der Waals surface area (Å²) in [5.74, 6) is 2.09. The van der Waals surface area contributed by atoms with E-state index in [1.165, 1.54) is 141 Å². The first-order chi connectivity index (χ1) is 41.2. The fraction of sp³-hybridized carbons (Fsp3) is 0.875. The van der Waals surface area contributed by atoms with Gasteiger partial charge >= 0.3 is 5.97 Å². The summed E-state index contributed by atoms with van der Waals surface area (Å²) in [6.07, 6.45) is 61.8. The Morgan fingerprint density at radius 3 is 1.15 bits per heavy atom. The molecule has 84 heavy (non-hydrogen) atoms. The van der Waals surface area contributed by atoms with Gasteiger partial charge in [-0.3, -0.25) is 24.4 Å². The normalized spacial score (nSPS) is 15.4. The molecule has 1 fully saturated rings. The topological polar surface area (TPSA) is 120 Å². The lowest BCUT2D eigenvalue weighted by atomic mass is 10.1. The standard InChI is InChI=1S/C72H138N4O6S2/c1-5-9-13-17-21-23-25-27-29-31-33-35-39-43-50-70(79)66-76(67-71(80)51-44-40-36-34-32-30-28-26-24-22-18-14-10-6-2)54-47-52-72(81)82-61-59-73-55-57-74(58-56-73)60-63-84-83-62-46-45-53-75(64-68(77)48-41-37-19-15-11-7-3)65-69(78)49-42-38-20-16-12-8-4/h21-24,27-30,68-71,77-80H,5-20,25-26,31-67H2,1-4H3/b23-21-,24-22-,29-27-,30-28-/t68?,69?,70-,71-/m1/s1. The molecule has 0 spiro atoms. The number of esters is 1. The van der Waals surface area contributed by atoms with Crippen LogP contribution in [-0.2, 0) is 9.53 Å². The molecule has 1 aliphatic heterocycles. The highest BCUT2D eigenvalue weighted by Crippen LogP contribution is 2.23. The van der Waals surface area contributed by atoms with Crippen LogP contribution in [0.4, 0.5) is 0 Å². The van der Waals surface area contributed by atoms with E-state index in [-0.39, 0.29) is 18.2 Å². The van der Waals surface area contributed by atoms with Crippen LogP contribution in [0.5, 0.6) is 0 Å². The molecule has 494 valence electrons. The molecule has 10 nitrogen and oxygen atoms in total. The Balaban J connectivity index is 2.40. The zero-order valence-electron chi connectivity index (χ0n) is 55.5. The maximum Gasteiger partial charge on any atom is 0.305 e. The van der Waals surface area contributed by atoms with Crippen molar-refractivity contribution in [2.75, 3.05) is 96.6 Å². The Kier molecular flexibility index (Phi) is 61.0. The minimum absolute atomic E-state index is 0.154. The van der Waals surface area contributed by atoms with Crippen molar-refractivity contribution in [3.05, 3.63) is 48.6 Å². The van der Waals surface area contributed by atoms with Crippen molar-refractivity contribution in [1.29, 1.82) is 0 Å². The lowest BCUT2D eigenvalue weighted by Gasteiger charge is -2.34. The van der Waals surface area contributed by atoms with Gasteiger partial charge in [-0.05, 0) is 122 Å². The Morgan fingerprint density at radius 1 is 0.405 bits per heavy atom. The van der Waals surface area contributed by atoms with E-state index in [4.69, 9.17) is 4.74 Å². The second-order valence-corrected chi connectivity index (χ2v) is 27.6. The minimum atomic E-state index is -0.438. The van der Waals surface area contributed by atoms with Crippen LogP contribution in [0.25, 0.3) is 0 Å². The highest BCUT2D eigenvalue weighted by molar-refractivity contribution is 8.76. The maximum absolute atomic E-state index is 12.9. The number of piperazine rings is 1. The molecule has 0 aliphatic carbocycles. The Labute approximate surface area is 528 Å². The number of hydrogen-bond donors (Lipinski definition) is 4. The van der Waals surface area contributed by atoms with Gasteiger partial charge in [0.2, 0.25) is 0 Å². The second kappa shape index (κ2) is 63.4. The summed E-state index contributed by atoms with van der Waals surface area (Å²) in [6, 6.07) is 0. The van der Waals surface area contributed by atoms with Gasteiger partial charge in [-0.25, -0.2) is 0 Å².